The molecular formula is C13H20. The van der Waals surface area contributed by atoms with Gasteiger partial charge in [-0.2, -0.15) is 0 Å². The van der Waals surface area contributed by atoms with E-state index >= 15 is 0 Å². The standard InChI is InChI=1S/C13H20/c1-13-11-9-7-5-3-2-4-6-8-10-12-13/h2-3,8-11,13H,4-7,12H2,1H3/b3-2+,10-8+,11-9-. The Kier molecular flexibility index (Phi) is 5.31. The quantitative estimate of drug-likeness (QED) is 0.484. The Bertz CT molecular complexity index is 196. The Morgan fingerprint density at radius 2 is 1.31 bits per heavy atom. The maximum absolute atomic E-state index is 2.33. The molecule has 72 valence electrons. The van der Waals surface area contributed by atoms with Crippen molar-refractivity contribution in [1.29, 1.82) is 0 Å². The van der Waals surface area contributed by atoms with Gasteiger partial charge in [0.2, 0.25) is 0 Å². The molecule has 0 aromatic heterocycles. The minimum absolute atomic E-state index is 0.708. The summed E-state index contributed by atoms with van der Waals surface area (Å²) in [6, 6.07) is 0. The fraction of sp³-hybridized carbons (Fsp3) is 0.538. The van der Waals surface area contributed by atoms with E-state index < -0.39 is 0 Å². The summed E-state index contributed by atoms with van der Waals surface area (Å²) in [6.45, 7) is 2.28. The van der Waals surface area contributed by atoms with Gasteiger partial charge in [0.25, 0.3) is 0 Å². The van der Waals surface area contributed by atoms with Crippen molar-refractivity contribution in [2.24, 2.45) is 5.92 Å². The molecule has 0 nitrogen and oxygen atoms in total. The maximum atomic E-state index is 2.33. The molecule has 0 saturated heterocycles. The van der Waals surface area contributed by atoms with Crippen molar-refractivity contribution in [2.45, 2.75) is 39.0 Å². The van der Waals surface area contributed by atoms with E-state index in [1.807, 2.05) is 0 Å². The van der Waals surface area contributed by atoms with Crippen molar-refractivity contribution in [3.63, 3.8) is 0 Å². The first kappa shape index (κ1) is 10.3. The topological polar surface area (TPSA) is 0 Å². The summed E-state index contributed by atoms with van der Waals surface area (Å²) in [5.74, 6) is 0.708. The highest BCUT2D eigenvalue weighted by molar-refractivity contribution is 4.96. The van der Waals surface area contributed by atoms with Crippen LogP contribution in [-0.4, -0.2) is 0 Å². The molecular weight excluding hydrogens is 156 g/mol. The monoisotopic (exact) mass is 176 g/mol. The Labute approximate surface area is 82.0 Å². The summed E-state index contributed by atoms with van der Waals surface area (Å²) in [5, 5.41) is 0. The largest absolute Gasteiger partial charge is 0.0882 e. The van der Waals surface area contributed by atoms with E-state index in [1.54, 1.807) is 0 Å². The van der Waals surface area contributed by atoms with Crippen LogP contribution < -0.4 is 0 Å². The van der Waals surface area contributed by atoms with E-state index in [2.05, 4.69) is 43.4 Å². The Balaban J connectivity index is 2.41. The van der Waals surface area contributed by atoms with Crippen molar-refractivity contribution >= 4 is 0 Å². The van der Waals surface area contributed by atoms with Crippen LogP contribution in [0.5, 0.6) is 0 Å². The molecule has 0 heteroatoms. The van der Waals surface area contributed by atoms with E-state index in [0.717, 1.165) is 0 Å². The zero-order valence-electron chi connectivity index (χ0n) is 8.58. The fourth-order valence-electron chi connectivity index (χ4n) is 1.46. The van der Waals surface area contributed by atoms with Crippen molar-refractivity contribution in [3.8, 4) is 0 Å². The molecule has 1 aliphatic rings. The second kappa shape index (κ2) is 6.71. The molecule has 0 N–H and O–H groups in total. The fourth-order valence-corrected chi connectivity index (χ4v) is 1.46. The van der Waals surface area contributed by atoms with Crippen LogP contribution in [0.15, 0.2) is 36.5 Å². The molecule has 1 atom stereocenters. The van der Waals surface area contributed by atoms with Gasteiger partial charge in [0, 0.05) is 0 Å². The summed E-state index contributed by atoms with van der Waals surface area (Å²) >= 11 is 0. The zero-order valence-corrected chi connectivity index (χ0v) is 8.58. The van der Waals surface area contributed by atoms with Gasteiger partial charge in [0.15, 0.2) is 0 Å². The van der Waals surface area contributed by atoms with Gasteiger partial charge in [0.05, 0.1) is 0 Å². The third-order valence-electron chi connectivity index (χ3n) is 2.31. The van der Waals surface area contributed by atoms with Gasteiger partial charge in [-0.25, -0.2) is 0 Å². The second-order valence-electron chi connectivity index (χ2n) is 3.74. The molecule has 0 aromatic carbocycles. The van der Waals surface area contributed by atoms with Crippen molar-refractivity contribution in [3.05, 3.63) is 36.5 Å². The molecule has 1 rings (SSSR count). The van der Waals surface area contributed by atoms with E-state index in [9.17, 15) is 0 Å². The van der Waals surface area contributed by atoms with Crippen LogP contribution in [0.1, 0.15) is 39.0 Å². The predicted octanol–water partition coefficient (Wildman–Crippen LogP) is 4.26. The molecule has 0 spiro atoms. The van der Waals surface area contributed by atoms with Crippen molar-refractivity contribution < 1.29 is 0 Å². The molecule has 0 radical (unpaired) electrons. The Hall–Kier alpha value is -0.780. The normalized spacial score (nSPS) is 32.5. The smallest absolute Gasteiger partial charge is 0.0227 e. The first-order chi connectivity index (χ1) is 6.39. The van der Waals surface area contributed by atoms with Crippen molar-refractivity contribution in [1.82, 2.24) is 0 Å². The third kappa shape index (κ3) is 5.46. The van der Waals surface area contributed by atoms with Crippen LogP contribution in [0.4, 0.5) is 0 Å². The lowest BCUT2D eigenvalue weighted by Gasteiger charge is -2.01. The molecule has 0 amide bonds. The summed E-state index contributed by atoms with van der Waals surface area (Å²) < 4.78 is 0. The van der Waals surface area contributed by atoms with Gasteiger partial charge in [0.1, 0.15) is 0 Å². The highest BCUT2D eigenvalue weighted by Crippen LogP contribution is 2.08. The Morgan fingerprint density at radius 3 is 2.00 bits per heavy atom. The number of allylic oxidation sites excluding steroid dienone is 6. The molecule has 0 fully saturated rings. The SMILES string of the molecule is CC1/C=C\CC/C=C/CC/C=C/C1. The summed E-state index contributed by atoms with van der Waals surface area (Å²) in [6.07, 6.45) is 19.8. The zero-order chi connectivity index (χ0) is 9.36. The van der Waals surface area contributed by atoms with Crippen LogP contribution in [0.2, 0.25) is 0 Å². The maximum Gasteiger partial charge on any atom is -0.0227 e. The first-order valence-corrected chi connectivity index (χ1v) is 5.36. The van der Waals surface area contributed by atoms with Gasteiger partial charge in [-0.3, -0.25) is 0 Å². The summed E-state index contributed by atoms with van der Waals surface area (Å²) in [5.41, 5.74) is 0. The molecule has 0 aliphatic heterocycles. The number of hydrogen-bond acceptors (Lipinski definition) is 0. The molecule has 1 aliphatic carbocycles. The minimum atomic E-state index is 0.708. The highest BCUT2D eigenvalue weighted by atomic mass is 14.0. The third-order valence-corrected chi connectivity index (χ3v) is 2.31. The van der Waals surface area contributed by atoms with Gasteiger partial charge in [-0.15, -0.1) is 0 Å². The Morgan fingerprint density at radius 1 is 0.769 bits per heavy atom. The van der Waals surface area contributed by atoms with Gasteiger partial charge in [-0.1, -0.05) is 43.4 Å². The molecule has 13 heavy (non-hydrogen) atoms. The number of hydrogen-bond donors (Lipinski definition) is 0. The van der Waals surface area contributed by atoms with Crippen LogP contribution in [0.25, 0.3) is 0 Å². The van der Waals surface area contributed by atoms with Gasteiger partial charge >= 0.3 is 0 Å². The van der Waals surface area contributed by atoms with Crippen LogP contribution in [0, 0.1) is 5.92 Å². The van der Waals surface area contributed by atoms with E-state index in [1.165, 1.54) is 32.1 Å². The van der Waals surface area contributed by atoms with Crippen LogP contribution in [0.3, 0.4) is 0 Å². The van der Waals surface area contributed by atoms with Crippen LogP contribution >= 0.6 is 0 Å². The summed E-state index contributed by atoms with van der Waals surface area (Å²) in [7, 11) is 0. The molecule has 0 heterocycles. The first-order valence-electron chi connectivity index (χ1n) is 5.36. The molecule has 0 saturated carbocycles. The van der Waals surface area contributed by atoms with E-state index in [4.69, 9.17) is 0 Å². The van der Waals surface area contributed by atoms with Crippen molar-refractivity contribution in [2.75, 3.05) is 0 Å². The lowest BCUT2D eigenvalue weighted by Crippen LogP contribution is -1.86. The van der Waals surface area contributed by atoms with E-state index in [0.29, 0.717) is 5.92 Å². The lowest BCUT2D eigenvalue weighted by atomic mass is 10.1. The highest BCUT2D eigenvalue weighted by Gasteiger charge is 1.92. The predicted molar refractivity (Wildman–Crippen MR) is 59.7 cm³/mol. The number of rotatable bonds is 0. The molecule has 0 aromatic rings. The lowest BCUT2D eigenvalue weighted by molar-refractivity contribution is 0.736. The van der Waals surface area contributed by atoms with Gasteiger partial charge in [-0.05, 0) is 38.0 Å². The average Bonchev–Trinajstić information content (AvgIpc) is 2.11. The van der Waals surface area contributed by atoms with E-state index in [-0.39, 0.29) is 0 Å². The molecule has 1 unspecified atom stereocenters. The summed E-state index contributed by atoms with van der Waals surface area (Å²) in [4.78, 5) is 0. The van der Waals surface area contributed by atoms with Crippen LogP contribution in [-0.2, 0) is 0 Å². The second-order valence-corrected chi connectivity index (χ2v) is 3.74. The molecule has 0 bridgehead atoms. The van der Waals surface area contributed by atoms with Gasteiger partial charge < -0.3 is 0 Å². The minimum Gasteiger partial charge on any atom is -0.0882 e. The average molecular weight is 176 g/mol.